The molecule has 2 rings (SSSR count). The lowest BCUT2D eigenvalue weighted by atomic mass is 10.3. The van der Waals surface area contributed by atoms with E-state index in [0.717, 1.165) is 18.4 Å². The number of hydrogen-bond donors (Lipinski definition) is 1. The summed E-state index contributed by atoms with van der Waals surface area (Å²) in [4.78, 5) is -0.526. The van der Waals surface area contributed by atoms with Gasteiger partial charge in [-0.2, -0.15) is 0 Å². The van der Waals surface area contributed by atoms with Gasteiger partial charge in [0.1, 0.15) is 10.6 Å². The van der Waals surface area contributed by atoms with E-state index in [1.807, 2.05) is 0 Å². The molecule has 1 N–H and O–H groups in total. The van der Waals surface area contributed by atoms with E-state index in [9.17, 15) is 21.9 Å². The summed E-state index contributed by atoms with van der Waals surface area (Å²) in [7, 11) is -7.53. The van der Waals surface area contributed by atoms with Crippen LogP contribution < -0.4 is 0 Å². The Morgan fingerprint density at radius 3 is 2.00 bits per heavy atom. The van der Waals surface area contributed by atoms with E-state index in [2.05, 4.69) is 0 Å². The van der Waals surface area contributed by atoms with Gasteiger partial charge in [-0.15, -0.1) is 0 Å². The van der Waals surface area contributed by atoms with Gasteiger partial charge in [0.25, 0.3) is 0 Å². The molecule has 0 spiro atoms. The number of phenols is 1. The molecule has 0 amide bonds. The van der Waals surface area contributed by atoms with Crippen molar-refractivity contribution in [3.05, 3.63) is 48.5 Å². The van der Waals surface area contributed by atoms with Gasteiger partial charge in [0.15, 0.2) is 9.84 Å². The minimum absolute atomic E-state index is 0.0603. The van der Waals surface area contributed by atoms with E-state index < -0.39 is 30.3 Å². The Kier molecular flexibility index (Phi) is 3.58. The lowest BCUT2D eigenvalue weighted by Gasteiger charge is -2.07. The van der Waals surface area contributed by atoms with Crippen LogP contribution in [0.1, 0.15) is 0 Å². The highest BCUT2D eigenvalue weighted by Crippen LogP contribution is 2.28. The minimum atomic E-state index is -3.81. The quantitative estimate of drug-likeness (QED) is 0.930. The summed E-state index contributed by atoms with van der Waals surface area (Å²) in [6.07, 6.45) is 0.904. The van der Waals surface area contributed by atoms with Gasteiger partial charge >= 0.3 is 0 Å². The predicted octanol–water partition coefficient (Wildman–Crippen LogP) is 1.63. The number of sulfone groups is 2. The number of phenolic OH excluding ortho intramolecular Hbond substituents is 1. The Morgan fingerprint density at radius 2 is 1.45 bits per heavy atom. The van der Waals surface area contributed by atoms with E-state index in [1.54, 1.807) is 18.2 Å². The van der Waals surface area contributed by atoms with Crippen molar-refractivity contribution in [2.24, 2.45) is 0 Å². The second-order valence-electron chi connectivity index (χ2n) is 4.22. The average molecular weight is 312 g/mol. The molecule has 2 aromatic rings. The summed E-state index contributed by atoms with van der Waals surface area (Å²) in [5.74, 6) is -0.473. The average Bonchev–Trinajstić information content (AvgIpc) is 2.38. The number of benzene rings is 2. The van der Waals surface area contributed by atoms with Crippen LogP contribution in [0.2, 0.25) is 0 Å². The third kappa shape index (κ3) is 2.68. The molecule has 0 aliphatic carbocycles. The number of rotatable bonds is 3. The lowest BCUT2D eigenvalue weighted by molar-refractivity contribution is 0.458. The molecule has 0 aliphatic rings. The van der Waals surface area contributed by atoms with Crippen LogP contribution in [0.25, 0.3) is 0 Å². The van der Waals surface area contributed by atoms with Gasteiger partial charge in [-0.1, -0.05) is 18.2 Å². The highest BCUT2D eigenvalue weighted by Gasteiger charge is 2.21. The van der Waals surface area contributed by atoms with Crippen molar-refractivity contribution >= 4 is 19.7 Å². The van der Waals surface area contributed by atoms with Gasteiger partial charge in [0, 0.05) is 6.26 Å². The lowest BCUT2D eigenvalue weighted by Crippen LogP contribution is -2.04. The number of aromatic hydroxyl groups is 1. The highest BCUT2D eigenvalue weighted by molar-refractivity contribution is 7.92. The van der Waals surface area contributed by atoms with Crippen LogP contribution in [0.4, 0.5) is 0 Å². The molecule has 0 aromatic heterocycles. The molecular formula is C13H12O5S2. The molecule has 0 bridgehead atoms. The van der Waals surface area contributed by atoms with E-state index in [4.69, 9.17) is 0 Å². The van der Waals surface area contributed by atoms with Gasteiger partial charge in [-0.3, -0.25) is 0 Å². The van der Waals surface area contributed by atoms with E-state index in [-0.39, 0.29) is 9.79 Å². The van der Waals surface area contributed by atoms with Crippen LogP contribution in [-0.4, -0.2) is 28.2 Å². The molecule has 20 heavy (non-hydrogen) atoms. The maximum Gasteiger partial charge on any atom is 0.206 e. The Labute approximate surface area is 117 Å². The van der Waals surface area contributed by atoms with Crippen molar-refractivity contribution in [1.29, 1.82) is 0 Å². The van der Waals surface area contributed by atoms with Crippen molar-refractivity contribution in [3.8, 4) is 5.75 Å². The van der Waals surface area contributed by atoms with Crippen molar-refractivity contribution in [2.75, 3.05) is 6.26 Å². The first-order valence-electron chi connectivity index (χ1n) is 5.56. The molecular weight excluding hydrogens is 300 g/mol. The van der Waals surface area contributed by atoms with Crippen molar-refractivity contribution in [2.45, 2.75) is 14.7 Å². The molecule has 7 heteroatoms. The molecule has 0 unspecified atom stereocenters. The van der Waals surface area contributed by atoms with Gasteiger partial charge in [-0.05, 0) is 30.3 Å². The fraction of sp³-hybridized carbons (Fsp3) is 0.0769. The second kappa shape index (κ2) is 4.92. The fourth-order valence-electron chi connectivity index (χ4n) is 1.69. The summed E-state index contributed by atoms with van der Waals surface area (Å²) in [6.45, 7) is 0. The summed E-state index contributed by atoms with van der Waals surface area (Å²) in [6, 6.07) is 10.9. The Hall–Kier alpha value is -1.86. The topological polar surface area (TPSA) is 88.5 Å². The molecule has 0 saturated heterocycles. The summed E-state index contributed by atoms with van der Waals surface area (Å²) in [5.41, 5.74) is 0. The summed E-state index contributed by atoms with van der Waals surface area (Å²) < 4.78 is 47.7. The van der Waals surface area contributed by atoms with Gasteiger partial charge in [0.2, 0.25) is 9.84 Å². The molecule has 0 heterocycles. The molecule has 5 nitrogen and oxygen atoms in total. The van der Waals surface area contributed by atoms with Crippen LogP contribution in [0.15, 0.2) is 63.2 Å². The van der Waals surface area contributed by atoms with Crippen molar-refractivity contribution in [3.63, 3.8) is 0 Å². The maximum absolute atomic E-state index is 12.3. The molecule has 0 radical (unpaired) electrons. The van der Waals surface area contributed by atoms with Crippen molar-refractivity contribution < 1.29 is 21.9 Å². The number of hydrogen-bond acceptors (Lipinski definition) is 5. The van der Waals surface area contributed by atoms with E-state index >= 15 is 0 Å². The first-order chi connectivity index (χ1) is 9.23. The van der Waals surface area contributed by atoms with E-state index in [0.29, 0.717) is 0 Å². The Morgan fingerprint density at radius 1 is 0.850 bits per heavy atom. The molecule has 0 aliphatic heterocycles. The third-order valence-electron chi connectivity index (χ3n) is 2.69. The molecule has 0 saturated carbocycles. The van der Waals surface area contributed by atoms with Gasteiger partial charge < -0.3 is 5.11 Å². The minimum Gasteiger partial charge on any atom is -0.507 e. The van der Waals surface area contributed by atoms with Gasteiger partial charge in [0.05, 0.1) is 9.79 Å². The molecule has 2 aromatic carbocycles. The first kappa shape index (κ1) is 14.5. The largest absolute Gasteiger partial charge is 0.507 e. The zero-order chi connectivity index (χ0) is 15.0. The summed E-state index contributed by atoms with van der Waals surface area (Å²) in [5, 5.41) is 9.53. The van der Waals surface area contributed by atoms with Gasteiger partial charge in [-0.25, -0.2) is 16.8 Å². The SMILES string of the molecule is CS(=O)(=O)c1cc(S(=O)(=O)c2ccccc2)ccc1O. The third-order valence-corrected chi connectivity index (χ3v) is 5.59. The van der Waals surface area contributed by atoms with Crippen LogP contribution in [0.3, 0.4) is 0 Å². The molecule has 106 valence electrons. The Bertz CT molecular complexity index is 838. The normalized spacial score (nSPS) is 12.2. The van der Waals surface area contributed by atoms with Crippen LogP contribution in [0, 0.1) is 0 Å². The standard InChI is InChI=1S/C13H12O5S2/c1-19(15,16)13-9-11(7-8-12(13)14)20(17,18)10-5-3-2-4-6-10/h2-9,14H,1H3. The van der Waals surface area contributed by atoms with Crippen LogP contribution >= 0.6 is 0 Å². The first-order valence-corrected chi connectivity index (χ1v) is 8.93. The highest BCUT2D eigenvalue weighted by atomic mass is 32.2. The fourth-order valence-corrected chi connectivity index (χ4v) is 3.87. The molecule has 0 fully saturated rings. The van der Waals surface area contributed by atoms with Crippen LogP contribution in [0.5, 0.6) is 5.75 Å². The summed E-state index contributed by atoms with van der Waals surface area (Å²) >= 11 is 0. The smallest absolute Gasteiger partial charge is 0.206 e. The molecule has 0 atom stereocenters. The predicted molar refractivity (Wildman–Crippen MR) is 73.1 cm³/mol. The van der Waals surface area contributed by atoms with E-state index in [1.165, 1.54) is 18.2 Å². The van der Waals surface area contributed by atoms with Crippen molar-refractivity contribution in [1.82, 2.24) is 0 Å². The second-order valence-corrected chi connectivity index (χ2v) is 8.15. The zero-order valence-corrected chi connectivity index (χ0v) is 12.1. The monoisotopic (exact) mass is 312 g/mol. The Balaban J connectivity index is 2.66. The van der Waals surface area contributed by atoms with Crippen LogP contribution in [-0.2, 0) is 19.7 Å². The zero-order valence-electron chi connectivity index (χ0n) is 10.5. The maximum atomic E-state index is 12.3.